The molecule has 6 nitrogen and oxygen atoms in total. The summed E-state index contributed by atoms with van der Waals surface area (Å²) in [6.07, 6.45) is 3.08. The number of hydrogen-bond acceptors (Lipinski definition) is 6. The molecule has 0 aliphatic heterocycles. The summed E-state index contributed by atoms with van der Waals surface area (Å²) in [5.41, 5.74) is 0. The maximum absolute atomic E-state index is 12.1. The third-order valence-corrected chi connectivity index (χ3v) is 5.26. The summed E-state index contributed by atoms with van der Waals surface area (Å²) in [6, 6.07) is 11.5. The van der Waals surface area contributed by atoms with Gasteiger partial charge in [-0.1, -0.05) is 29.8 Å². The molecular weight excluding hydrogens is 386 g/mol. The van der Waals surface area contributed by atoms with Gasteiger partial charge in [0.2, 0.25) is 0 Å². The van der Waals surface area contributed by atoms with Crippen molar-refractivity contribution >= 4 is 51.0 Å². The maximum Gasteiger partial charge on any atom is 0.331 e. The lowest BCUT2D eigenvalue weighted by atomic mass is 10.2. The minimum Gasteiger partial charge on any atom is -0.452 e. The molecule has 0 aliphatic carbocycles. The molecule has 2 rings (SSSR count). The van der Waals surface area contributed by atoms with Gasteiger partial charge in [-0.05, 0) is 12.1 Å². The first kappa shape index (κ1) is 20.4. The molecule has 0 saturated carbocycles. The number of esters is 1. The molecule has 1 aromatic heterocycles. The minimum absolute atomic E-state index is 0.148. The predicted octanol–water partition coefficient (Wildman–Crippen LogP) is 3.77. The van der Waals surface area contributed by atoms with Crippen molar-refractivity contribution in [1.29, 1.82) is 10.5 Å². The third kappa shape index (κ3) is 5.82. The van der Waals surface area contributed by atoms with Gasteiger partial charge in [0.15, 0.2) is 6.61 Å². The molecule has 0 atom stereocenters. The van der Waals surface area contributed by atoms with Gasteiger partial charge < -0.3 is 9.64 Å². The summed E-state index contributed by atoms with van der Waals surface area (Å²) >= 11 is 7.75. The Bertz CT molecular complexity index is 922. The van der Waals surface area contributed by atoms with E-state index in [0.717, 1.165) is 15.0 Å². The number of nitrogens with zero attached hydrogens (tertiary/aromatic N) is 3. The number of carbonyl (C=O) groups excluding carboxylic acids is 2. The molecule has 1 heterocycles. The van der Waals surface area contributed by atoms with Gasteiger partial charge in [-0.2, -0.15) is 10.5 Å². The van der Waals surface area contributed by atoms with E-state index in [-0.39, 0.29) is 25.9 Å². The van der Waals surface area contributed by atoms with Crippen LogP contribution in [0.5, 0.6) is 0 Å². The van der Waals surface area contributed by atoms with Gasteiger partial charge in [-0.15, -0.1) is 11.3 Å². The first-order valence-corrected chi connectivity index (χ1v) is 9.29. The molecule has 0 bridgehead atoms. The van der Waals surface area contributed by atoms with Crippen LogP contribution in [-0.4, -0.2) is 36.5 Å². The van der Waals surface area contributed by atoms with Crippen molar-refractivity contribution in [3.63, 3.8) is 0 Å². The van der Waals surface area contributed by atoms with Crippen molar-refractivity contribution in [2.24, 2.45) is 0 Å². The quantitative estimate of drug-likeness (QED) is 0.495. The lowest BCUT2D eigenvalue weighted by Crippen LogP contribution is -2.36. The Morgan fingerprint density at radius 1 is 1.19 bits per heavy atom. The van der Waals surface area contributed by atoms with Crippen LogP contribution in [-0.2, 0) is 14.3 Å². The average molecular weight is 402 g/mol. The zero-order valence-corrected chi connectivity index (χ0v) is 15.9. The van der Waals surface area contributed by atoms with Crippen LogP contribution in [0.4, 0.5) is 0 Å². The van der Waals surface area contributed by atoms with E-state index in [1.54, 1.807) is 6.08 Å². The highest BCUT2D eigenvalue weighted by molar-refractivity contribution is 7.20. The maximum atomic E-state index is 12.1. The SMILES string of the molecule is N#CCCN(CCC#N)C(=O)COC(=O)/C=C/c1sc2ccccc2c1Cl. The molecular formula is C19H16ClN3O3S. The van der Waals surface area contributed by atoms with E-state index < -0.39 is 18.5 Å². The van der Waals surface area contributed by atoms with Crippen LogP contribution in [0, 0.1) is 22.7 Å². The van der Waals surface area contributed by atoms with Crippen LogP contribution in [0.15, 0.2) is 30.3 Å². The first-order chi connectivity index (χ1) is 13.1. The summed E-state index contributed by atoms with van der Waals surface area (Å²) in [5, 5.41) is 18.8. The molecule has 2 aromatic rings. The molecule has 0 N–H and O–H groups in total. The normalized spacial score (nSPS) is 10.5. The predicted molar refractivity (Wildman–Crippen MR) is 104 cm³/mol. The van der Waals surface area contributed by atoms with E-state index in [1.165, 1.54) is 22.3 Å². The van der Waals surface area contributed by atoms with Gasteiger partial charge in [-0.3, -0.25) is 4.79 Å². The van der Waals surface area contributed by atoms with E-state index in [1.807, 2.05) is 36.4 Å². The number of nitriles is 2. The van der Waals surface area contributed by atoms with Crippen LogP contribution in [0.3, 0.4) is 0 Å². The molecule has 8 heteroatoms. The molecule has 0 unspecified atom stereocenters. The van der Waals surface area contributed by atoms with Crippen LogP contribution < -0.4 is 0 Å². The van der Waals surface area contributed by atoms with Crippen molar-refractivity contribution in [2.75, 3.05) is 19.7 Å². The lowest BCUT2D eigenvalue weighted by molar-refractivity contribution is -0.148. The second-order valence-electron chi connectivity index (χ2n) is 5.41. The van der Waals surface area contributed by atoms with Gasteiger partial charge >= 0.3 is 5.97 Å². The van der Waals surface area contributed by atoms with Crippen molar-refractivity contribution < 1.29 is 14.3 Å². The van der Waals surface area contributed by atoms with Crippen molar-refractivity contribution in [3.05, 3.63) is 40.2 Å². The van der Waals surface area contributed by atoms with Crippen molar-refractivity contribution in [3.8, 4) is 12.1 Å². The largest absolute Gasteiger partial charge is 0.452 e. The van der Waals surface area contributed by atoms with E-state index in [9.17, 15) is 9.59 Å². The number of thiophene rings is 1. The van der Waals surface area contributed by atoms with Gasteiger partial charge in [0.1, 0.15) is 0 Å². The van der Waals surface area contributed by atoms with Gasteiger partial charge in [0.25, 0.3) is 5.91 Å². The van der Waals surface area contributed by atoms with E-state index in [4.69, 9.17) is 26.9 Å². The number of rotatable bonds is 8. The fourth-order valence-corrected chi connectivity index (χ4v) is 3.69. The van der Waals surface area contributed by atoms with Crippen molar-refractivity contribution in [2.45, 2.75) is 12.8 Å². The molecule has 0 saturated heterocycles. The van der Waals surface area contributed by atoms with Crippen LogP contribution in [0.2, 0.25) is 5.02 Å². The van der Waals surface area contributed by atoms with Crippen molar-refractivity contribution in [1.82, 2.24) is 4.90 Å². The molecule has 1 aromatic carbocycles. The summed E-state index contributed by atoms with van der Waals surface area (Å²) in [5.74, 6) is -1.11. The number of carbonyl (C=O) groups is 2. The Balaban J connectivity index is 1.93. The Hall–Kier alpha value is -2.87. The minimum atomic E-state index is -0.669. The van der Waals surface area contributed by atoms with E-state index in [0.29, 0.717) is 5.02 Å². The monoisotopic (exact) mass is 401 g/mol. The second kappa shape index (κ2) is 10.3. The summed E-state index contributed by atoms with van der Waals surface area (Å²) in [7, 11) is 0. The molecule has 1 amide bonds. The molecule has 0 aliphatic rings. The molecule has 27 heavy (non-hydrogen) atoms. The molecule has 138 valence electrons. The topological polar surface area (TPSA) is 94.2 Å². The standard InChI is InChI=1S/C19H16ClN3O3S/c20-19-14-5-1-2-6-15(14)27-16(19)7-8-18(25)26-13-17(24)23(11-3-9-21)12-4-10-22/h1-2,5-8H,3-4,11-13H2/b8-7+. The number of fused-ring (bicyclic) bond motifs is 1. The van der Waals surface area contributed by atoms with Crippen LogP contribution >= 0.6 is 22.9 Å². The Labute approximate surface area is 165 Å². The van der Waals surface area contributed by atoms with E-state index >= 15 is 0 Å². The Morgan fingerprint density at radius 3 is 2.48 bits per heavy atom. The smallest absolute Gasteiger partial charge is 0.331 e. The molecule has 0 radical (unpaired) electrons. The Morgan fingerprint density at radius 2 is 1.85 bits per heavy atom. The number of amides is 1. The molecule has 0 spiro atoms. The Kier molecular flexibility index (Phi) is 7.81. The summed E-state index contributed by atoms with van der Waals surface area (Å²) < 4.78 is 5.97. The highest BCUT2D eigenvalue weighted by atomic mass is 35.5. The second-order valence-corrected chi connectivity index (χ2v) is 6.88. The lowest BCUT2D eigenvalue weighted by Gasteiger charge is -2.19. The first-order valence-electron chi connectivity index (χ1n) is 8.10. The summed E-state index contributed by atoms with van der Waals surface area (Å²) in [6.45, 7) is -0.0518. The summed E-state index contributed by atoms with van der Waals surface area (Å²) in [4.78, 5) is 26.0. The third-order valence-electron chi connectivity index (χ3n) is 3.61. The van der Waals surface area contributed by atoms with Crippen LogP contribution in [0.25, 0.3) is 16.2 Å². The highest BCUT2D eigenvalue weighted by Crippen LogP contribution is 2.35. The average Bonchev–Trinajstić information content (AvgIpc) is 3.00. The fraction of sp³-hybridized carbons (Fsp3) is 0.263. The highest BCUT2D eigenvalue weighted by Gasteiger charge is 2.15. The zero-order chi connectivity index (χ0) is 19.6. The number of benzene rings is 1. The number of hydrogen-bond donors (Lipinski definition) is 0. The fourth-order valence-electron chi connectivity index (χ4n) is 2.29. The number of ether oxygens (including phenoxy) is 1. The van der Waals surface area contributed by atoms with Gasteiger partial charge in [-0.25, -0.2) is 4.79 Å². The zero-order valence-electron chi connectivity index (χ0n) is 14.4. The van der Waals surface area contributed by atoms with Crippen LogP contribution in [0.1, 0.15) is 17.7 Å². The van der Waals surface area contributed by atoms with E-state index in [2.05, 4.69) is 0 Å². The number of halogens is 1. The van der Waals surface area contributed by atoms with Gasteiger partial charge in [0, 0.05) is 34.1 Å². The van der Waals surface area contributed by atoms with Gasteiger partial charge in [0.05, 0.1) is 30.0 Å². The molecule has 0 fully saturated rings.